The second kappa shape index (κ2) is 6.33. The molecular weight excluding hydrogens is 303 g/mol. The van der Waals surface area contributed by atoms with E-state index < -0.39 is 0 Å². The van der Waals surface area contributed by atoms with Gasteiger partial charge in [-0.2, -0.15) is 5.10 Å². The van der Waals surface area contributed by atoms with Crippen molar-refractivity contribution in [3.05, 3.63) is 59.9 Å². The van der Waals surface area contributed by atoms with Crippen molar-refractivity contribution in [1.29, 1.82) is 0 Å². The lowest BCUT2D eigenvalue weighted by Gasteiger charge is -2.03. The zero-order valence-electron chi connectivity index (χ0n) is 12.0. The van der Waals surface area contributed by atoms with Gasteiger partial charge in [0.1, 0.15) is 5.82 Å². The molecule has 7 heteroatoms. The molecule has 0 aliphatic rings. The smallest absolute Gasteiger partial charge is 0.168 e. The standard InChI is InChI=1S/C15H15FN4OS/c1-19-14(9-21)8-17-15(19)22-10-12-6-7-20(18-12)13-4-2-11(16)3-5-13/h2-8,21H,9-10H2,1H3. The normalized spacial score (nSPS) is 11.0. The Labute approximate surface area is 131 Å². The zero-order valence-corrected chi connectivity index (χ0v) is 12.8. The molecular formula is C15H15FN4OS. The Morgan fingerprint density at radius 2 is 2.00 bits per heavy atom. The van der Waals surface area contributed by atoms with Gasteiger partial charge < -0.3 is 9.67 Å². The molecule has 3 aromatic rings. The highest BCUT2D eigenvalue weighted by molar-refractivity contribution is 7.98. The van der Waals surface area contributed by atoms with Crippen LogP contribution in [0.25, 0.3) is 5.69 Å². The van der Waals surface area contributed by atoms with E-state index >= 15 is 0 Å². The zero-order chi connectivity index (χ0) is 15.5. The monoisotopic (exact) mass is 318 g/mol. The number of aliphatic hydroxyl groups excluding tert-OH is 1. The molecule has 0 saturated carbocycles. The number of benzene rings is 1. The molecule has 0 radical (unpaired) electrons. The number of hydrogen-bond acceptors (Lipinski definition) is 4. The average molecular weight is 318 g/mol. The van der Waals surface area contributed by atoms with E-state index in [1.807, 2.05) is 23.9 Å². The number of thioether (sulfide) groups is 1. The summed E-state index contributed by atoms with van der Waals surface area (Å²) >= 11 is 1.55. The lowest BCUT2D eigenvalue weighted by Crippen LogP contribution is -1.98. The summed E-state index contributed by atoms with van der Waals surface area (Å²) in [6.07, 6.45) is 3.51. The van der Waals surface area contributed by atoms with Crippen LogP contribution in [0.4, 0.5) is 4.39 Å². The summed E-state index contributed by atoms with van der Waals surface area (Å²) in [7, 11) is 1.87. The van der Waals surface area contributed by atoms with Crippen LogP contribution >= 0.6 is 11.8 Å². The Hall–Kier alpha value is -2.12. The lowest BCUT2D eigenvalue weighted by atomic mass is 10.3. The Morgan fingerprint density at radius 1 is 1.23 bits per heavy atom. The highest BCUT2D eigenvalue weighted by atomic mass is 32.2. The number of aliphatic hydroxyl groups is 1. The summed E-state index contributed by atoms with van der Waals surface area (Å²) in [5.41, 5.74) is 2.50. The Bertz CT molecular complexity index is 766. The maximum absolute atomic E-state index is 12.9. The summed E-state index contributed by atoms with van der Waals surface area (Å²) in [5.74, 6) is 0.408. The molecule has 2 aromatic heterocycles. The maximum atomic E-state index is 12.9. The molecule has 0 fully saturated rings. The van der Waals surface area contributed by atoms with Crippen molar-refractivity contribution in [3.63, 3.8) is 0 Å². The van der Waals surface area contributed by atoms with Crippen molar-refractivity contribution in [1.82, 2.24) is 19.3 Å². The molecule has 0 spiro atoms. The molecule has 0 amide bonds. The molecule has 0 atom stereocenters. The molecule has 0 aliphatic heterocycles. The van der Waals surface area contributed by atoms with Crippen LogP contribution in [-0.4, -0.2) is 24.4 Å². The van der Waals surface area contributed by atoms with Gasteiger partial charge in [-0.3, -0.25) is 0 Å². The van der Waals surface area contributed by atoms with Crippen LogP contribution in [0.5, 0.6) is 0 Å². The van der Waals surface area contributed by atoms with E-state index in [1.165, 1.54) is 12.1 Å². The molecule has 114 valence electrons. The molecule has 1 aromatic carbocycles. The molecule has 0 bridgehead atoms. The second-order valence-electron chi connectivity index (χ2n) is 4.77. The largest absolute Gasteiger partial charge is 0.390 e. The van der Waals surface area contributed by atoms with Crippen molar-refractivity contribution in [2.45, 2.75) is 17.5 Å². The number of halogens is 1. The SMILES string of the molecule is Cn1c(CO)cnc1SCc1ccn(-c2ccc(F)cc2)n1. The third-order valence-corrected chi connectivity index (χ3v) is 4.37. The van der Waals surface area contributed by atoms with Crippen molar-refractivity contribution < 1.29 is 9.50 Å². The fraction of sp³-hybridized carbons (Fsp3) is 0.200. The van der Waals surface area contributed by atoms with Crippen molar-refractivity contribution in [2.75, 3.05) is 0 Å². The number of nitrogens with zero attached hydrogens (tertiary/aromatic N) is 4. The summed E-state index contributed by atoms with van der Waals surface area (Å²) in [5, 5.41) is 14.5. The minimum absolute atomic E-state index is 0.0245. The van der Waals surface area contributed by atoms with Gasteiger partial charge in [-0.15, -0.1) is 0 Å². The quantitative estimate of drug-likeness (QED) is 0.735. The maximum Gasteiger partial charge on any atom is 0.168 e. The molecule has 22 heavy (non-hydrogen) atoms. The van der Waals surface area contributed by atoms with E-state index in [-0.39, 0.29) is 12.4 Å². The topological polar surface area (TPSA) is 55.9 Å². The van der Waals surface area contributed by atoms with Crippen LogP contribution in [0.15, 0.2) is 47.9 Å². The van der Waals surface area contributed by atoms with Crippen LogP contribution in [0.2, 0.25) is 0 Å². The van der Waals surface area contributed by atoms with E-state index in [9.17, 15) is 4.39 Å². The number of rotatable bonds is 5. The Morgan fingerprint density at radius 3 is 2.68 bits per heavy atom. The van der Waals surface area contributed by atoms with Gasteiger partial charge >= 0.3 is 0 Å². The molecule has 0 unspecified atom stereocenters. The van der Waals surface area contributed by atoms with Crippen LogP contribution < -0.4 is 0 Å². The fourth-order valence-corrected chi connectivity index (χ4v) is 2.89. The molecule has 0 aliphatic carbocycles. The third-order valence-electron chi connectivity index (χ3n) is 3.29. The fourth-order valence-electron chi connectivity index (χ4n) is 2.02. The first kappa shape index (κ1) is 14.8. The van der Waals surface area contributed by atoms with Crippen molar-refractivity contribution >= 4 is 11.8 Å². The first-order valence-corrected chi connectivity index (χ1v) is 7.70. The van der Waals surface area contributed by atoms with Gasteiger partial charge in [0.25, 0.3) is 0 Å². The van der Waals surface area contributed by atoms with E-state index in [2.05, 4.69) is 10.1 Å². The van der Waals surface area contributed by atoms with Crippen LogP contribution in [0.1, 0.15) is 11.4 Å². The molecule has 2 heterocycles. The van der Waals surface area contributed by atoms with Crippen molar-refractivity contribution in [2.24, 2.45) is 7.05 Å². The molecule has 1 N–H and O–H groups in total. The van der Waals surface area contributed by atoms with Gasteiger partial charge in [0.15, 0.2) is 5.16 Å². The first-order valence-electron chi connectivity index (χ1n) is 6.72. The summed E-state index contributed by atoms with van der Waals surface area (Å²) < 4.78 is 16.5. The van der Waals surface area contributed by atoms with Gasteiger partial charge in [0, 0.05) is 19.0 Å². The first-order chi connectivity index (χ1) is 10.7. The van der Waals surface area contributed by atoms with Crippen LogP contribution in [0.3, 0.4) is 0 Å². The van der Waals surface area contributed by atoms with Gasteiger partial charge in [-0.25, -0.2) is 14.1 Å². The highest BCUT2D eigenvalue weighted by Gasteiger charge is 2.08. The Balaban J connectivity index is 1.69. The predicted molar refractivity (Wildman–Crippen MR) is 82.2 cm³/mol. The average Bonchev–Trinajstić information content (AvgIpc) is 3.13. The van der Waals surface area contributed by atoms with E-state index in [0.29, 0.717) is 5.75 Å². The van der Waals surface area contributed by atoms with E-state index in [4.69, 9.17) is 5.11 Å². The number of aromatic nitrogens is 4. The second-order valence-corrected chi connectivity index (χ2v) is 5.71. The lowest BCUT2D eigenvalue weighted by molar-refractivity contribution is 0.271. The van der Waals surface area contributed by atoms with Gasteiger partial charge in [0.2, 0.25) is 0 Å². The number of hydrogen-bond donors (Lipinski definition) is 1. The summed E-state index contributed by atoms with van der Waals surface area (Å²) in [6, 6.07) is 8.12. The molecule has 3 rings (SSSR count). The number of imidazole rings is 1. The highest BCUT2D eigenvalue weighted by Crippen LogP contribution is 2.21. The minimum Gasteiger partial charge on any atom is -0.390 e. The summed E-state index contributed by atoms with van der Waals surface area (Å²) in [4.78, 5) is 4.27. The van der Waals surface area contributed by atoms with E-state index in [0.717, 1.165) is 22.2 Å². The van der Waals surface area contributed by atoms with Gasteiger partial charge in [-0.05, 0) is 30.3 Å². The third kappa shape index (κ3) is 3.05. The van der Waals surface area contributed by atoms with Gasteiger partial charge in [-0.1, -0.05) is 11.8 Å². The van der Waals surface area contributed by atoms with E-state index in [1.54, 1.807) is 34.8 Å². The van der Waals surface area contributed by atoms with Crippen LogP contribution in [-0.2, 0) is 19.4 Å². The predicted octanol–water partition coefficient (Wildman–Crippen LogP) is 2.53. The molecule has 0 saturated heterocycles. The summed E-state index contributed by atoms with van der Waals surface area (Å²) in [6.45, 7) is -0.0245. The molecule has 5 nitrogen and oxygen atoms in total. The minimum atomic E-state index is -0.263. The van der Waals surface area contributed by atoms with Crippen molar-refractivity contribution in [3.8, 4) is 5.69 Å². The Kier molecular flexibility index (Phi) is 4.26. The van der Waals surface area contributed by atoms with Crippen LogP contribution in [0, 0.1) is 5.82 Å². The van der Waals surface area contributed by atoms with Gasteiger partial charge in [0.05, 0.1) is 29.9 Å².